The molecule has 0 bridgehead atoms. The highest BCUT2D eigenvalue weighted by Crippen LogP contribution is 2.29. The van der Waals surface area contributed by atoms with E-state index in [0.717, 1.165) is 10.9 Å². The number of nitrogens with one attached hydrogen (secondary N) is 2. The molecular weight excluding hydrogens is 306 g/mol. The predicted molar refractivity (Wildman–Crippen MR) is 88.5 cm³/mol. The van der Waals surface area contributed by atoms with Crippen LogP contribution in [-0.4, -0.2) is 10.3 Å². The van der Waals surface area contributed by atoms with Crippen LogP contribution in [0.2, 0.25) is 5.02 Å². The molecule has 106 valence electrons. The molecular formula is C15H12ClN3OS. The lowest BCUT2D eigenvalue weighted by molar-refractivity contribution is 0.460. The molecule has 0 fully saturated rings. The molecule has 0 aliphatic heterocycles. The van der Waals surface area contributed by atoms with Crippen molar-refractivity contribution in [2.24, 2.45) is 0 Å². The van der Waals surface area contributed by atoms with Crippen molar-refractivity contribution in [2.75, 3.05) is 5.32 Å². The van der Waals surface area contributed by atoms with Crippen LogP contribution in [0, 0.1) is 0 Å². The van der Waals surface area contributed by atoms with Gasteiger partial charge in [0.15, 0.2) is 16.5 Å². The highest BCUT2D eigenvalue weighted by molar-refractivity contribution is 7.80. The summed E-state index contributed by atoms with van der Waals surface area (Å²) in [5, 5.41) is 11.8. The first-order valence-electron chi connectivity index (χ1n) is 6.37. The van der Waals surface area contributed by atoms with Crippen LogP contribution in [0.1, 0.15) is 5.56 Å². The zero-order valence-electron chi connectivity index (χ0n) is 11.0. The van der Waals surface area contributed by atoms with Crippen LogP contribution in [0.15, 0.2) is 53.1 Å². The zero-order chi connectivity index (χ0) is 14.7. The zero-order valence-corrected chi connectivity index (χ0v) is 12.5. The third kappa shape index (κ3) is 3.15. The Morgan fingerprint density at radius 3 is 2.76 bits per heavy atom. The van der Waals surface area contributed by atoms with E-state index in [1.807, 2.05) is 36.4 Å². The maximum atomic E-state index is 6.16. The molecule has 0 aliphatic carbocycles. The number of thiocarbonyl (C=S) groups is 1. The second-order valence-electron chi connectivity index (χ2n) is 4.44. The van der Waals surface area contributed by atoms with Gasteiger partial charge in [-0.3, -0.25) is 0 Å². The number of aromatic nitrogens is 1. The second kappa shape index (κ2) is 6.11. The summed E-state index contributed by atoms with van der Waals surface area (Å²) in [7, 11) is 0. The maximum absolute atomic E-state index is 6.16. The van der Waals surface area contributed by atoms with Crippen molar-refractivity contribution < 1.29 is 4.52 Å². The molecule has 21 heavy (non-hydrogen) atoms. The lowest BCUT2D eigenvalue weighted by Gasteiger charge is -2.08. The molecule has 0 saturated heterocycles. The Bertz CT molecular complexity index is 773. The number of halogens is 1. The van der Waals surface area contributed by atoms with E-state index in [1.54, 1.807) is 12.1 Å². The van der Waals surface area contributed by atoms with E-state index in [2.05, 4.69) is 15.8 Å². The summed E-state index contributed by atoms with van der Waals surface area (Å²) in [5.74, 6) is 0.515. The van der Waals surface area contributed by atoms with Crippen LogP contribution < -0.4 is 10.6 Å². The van der Waals surface area contributed by atoms with Crippen molar-refractivity contribution in [3.05, 3.63) is 59.1 Å². The highest BCUT2D eigenvalue weighted by atomic mass is 35.5. The van der Waals surface area contributed by atoms with Gasteiger partial charge >= 0.3 is 0 Å². The molecule has 0 unspecified atom stereocenters. The predicted octanol–water partition coefficient (Wildman–Crippen LogP) is 3.97. The molecule has 0 aliphatic rings. The molecule has 2 aromatic carbocycles. The first kappa shape index (κ1) is 13.9. The summed E-state index contributed by atoms with van der Waals surface area (Å²) >= 11 is 11.4. The lowest BCUT2D eigenvalue weighted by Crippen LogP contribution is -2.28. The van der Waals surface area contributed by atoms with Crippen LogP contribution in [0.4, 0.5) is 5.82 Å². The van der Waals surface area contributed by atoms with Gasteiger partial charge in [0, 0.05) is 6.54 Å². The Kier molecular flexibility index (Phi) is 4.03. The van der Waals surface area contributed by atoms with Crippen LogP contribution in [0.5, 0.6) is 0 Å². The Labute approximate surface area is 132 Å². The van der Waals surface area contributed by atoms with Gasteiger partial charge in [-0.1, -0.05) is 53.2 Å². The van der Waals surface area contributed by atoms with E-state index in [9.17, 15) is 0 Å². The first-order valence-corrected chi connectivity index (χ1v) is 7.15. The minimum atomic E-state index is 0.467. The first-order chi connectivity index (χ1) is 10.2. The van der Waals surface area contributed by atoms with Crippen molar-refractivity contribution in [1.82, 2.24) is 10.5 Å². The summed E-state index contributed by atoms with van der Waals surface area (Å²) in [6.45, 7) is 0.635. The molecule has 0 saturated carbocycles. The van der Waals surface area contributed by atoms with Crippen molar-refractivity contribution in [3.8, 4) is 0 Å². The monoisotopic (exact) mass is 317 g/mol. The molecule has 0 radical (unpaired) electrons. The smallest absolute Gasteiger partial charge is 0.185 e. The fourth-order valence-corrected chi connectivity index (χ4v) is 2.39. The van der Waals surface area contributed by atoms with Crippen molar-refractivity contribution >= 4 is 45.7 Å². The minimum absolute atomic E-state index is 0.467. The number of hydrogen-bond donors (Lipinski definition) is 2. The molecule has 0 amide bonds. The second-order valence-corrected chi connectivity index (χ2v) is 5.25. The van der Waals surface area contributed by atoms with E-state index in [-0.39, 0.29) is 0 Å². The fraction of sp³-hybridized carbons (Fsp3) is 0.0667. The lowest BCUT2D eigenvalue weighted by atomic mass is 10.2. The quantitative estimate of drug-likeness (QED) is 0.716. The van der Waals surface area contributed by atoms with E-state index in [1.165, 1.54) is 0 Å². The van der Waals surface area contributed by atoms with Crippen molar-refractivity contribution in [3.63, 3.8) is 0 Å². The average Bonchev–Trinajstić information content (AvgIpc) is 2.91. The van der Waals surface area contributed by atoms with Gasteiger partial charge in [-0.05, 0) is 29.9 Å². The normalized spacial score (nSPS) is 10.5. The van der Waals surface area contributed by atoms with Crippen LogP contribution in [0.3, 0.4) is 0 Å². The molecule has 3 rings (SSSR count). The molecule has 4 nitrogen and oxygen atoms in total. The third-order valence-corrected chi connectivity index (χ3v) is 3.54. The van der Waals surface area contributed by atoms with Gasteiger partial charge < -0.3 is 15.2 Å². The van der Waals surface area contributed by atoms with Gasteiger partial charge in [0.1, 0.15) is 0 Å². The van der Waals surface area contributed by atoms with Crippen LogP contribution in [-0.2, 0) is 6.54 Å². The molecule has 1 heterocycles. The highest BCUT2D eigenvalue weighted by Gasteiger charge is 2.12. The Balaban J connectivity index is 1.69. The van der Waals surface area contributed by atoms with Gasteiger partial charge in [-0.2, -0.15) is 0 Å². The standard InChI is InChI=1S/C15H12ClN3OS/c16-11-7-4-8-12-13(11)14(19-20-12)18-15(21)17-9-10-5-2-1-3-6-10/h1-8H,9H2,(H2,17,18,19,21). The Morgan fingerprint density at radius 2 is 1.95 bits per heavy atom. The molecule has 6 heteroatoms. The third-order valence-electron chi connectivity index (χ3n) is 2.98. The van der Waals surface area contributed by atoms with E-state index in [4.69, 9.17) is 28.3 Å². The molecule has 0 spiro atoms. The maximum Gasteiger partial charge on any atom is 0.185 e. The number of benzene rings is 2. The summed E-state index contributed by atoms with van der Waals surface area (Å²) < 4.78 is 5.21. The number of nitrogens with zero attached hydrogens (tertiary/aromatic N) is 1. The fourth-order valence-electron chi connectivity index (χ4n) is 1.97. The largest absolute Gasteiger partial charge is 0.358 e. The number of fused-ring (bicyclic) bond motifs is 1. The van der Waals surface area contributed by atoms with Gasteiger partial charge in [-0.25, -0.2) is 0 Å². The van der Waals surface area contributed by atoms with Gasteiger partial charge in [0.2, 0.25) is 0 Å². The Morgan fingerprint density at radius 1 is 1.14 bits per heavy atom. The van der Waals surface area contributed by atoms with Crippen LogP contribution >= 0.6 is 23.8 Å². The van der Waals surface area contributed by atoms with Crippen molar-refractivity contribution in [1.29, 1.82) is 0 Å². The topological polar surface area (TPSA) is 50.1 Å². The van der Waals surface area contributed by atoms with Gasteiger partial charge in [0.25, 0.3) is 0 Å². The minimum Gasteiger partial charge on any atom is -0.358 e. The number of hydrogen-bond acceptors (Lipinski definition) is 3. The van der Waals surface area contributed by atoms with Gasteiger partial charge in [-0.15, -0.1) is 0 Å². The van der Waals surface area contributed by atoms with E-state index < -0.39 is 0 Å². The molecule has 0 atom stereocenters. The van der Waals surface area contributed by atoms with E-state index >= 15 is 0 Å². The molecule has 1 aromatic heterocycles. The summed E-state index contributed by atoms with van der Waals surface area (Å²) in [4.78, 5) is 0. The number of rotatable bonds is 3. The summed E-state index contributed by atoms with van der Waals surface area (Å²) in [5.41, 5.74) is 1.76. The summed E-state index contributed by atoms with van der Waals surface area (Å²) in [6, 6.07) is 15.4. The average molecular weight is 318 g/mol. The van der Waals surface area contributed by atoms with Crippen molar-refractivity contribution in [2.45, 2.75) is 6.54 Å². The SMILES string of the molecule is S=C(NCc1ccccc1)Nc1noc2cccc(Cl)c12. The summed E-state index contributed by atoms with van der Waals surface area (Å²) in [6.07, 6.45) is 0. The molecule has 3 aromatic rings. The molecule has 2 N–H and O–H groups in total. The Hall–Kier alpha value is -2.11. The van der Waals surface area contributed by atoms with Gasteiger partial charge in [0.05, 0.1) is 10.4 Å². The van der Waals surface area contributed by atoms with Crippen LogP contribution in [0.25, 0.3) is 11.0 Å². The number of anilines is 1. The van der Waals surface area contributed by atoms with E-state index in [0.29, 0.717) is 28.1 Å².